The number of para-hydroxylation sites is 1. The number of hydrogen-bond donors (Lipinski definition) is 0. The van der Waals surface area contributed by atoms with Gasteiger partial charge in [-0.05, 0) is 38.8 Å². The lowest BCUT2D eigenvalue weighted by atomic mass is 9.89. The molecule has 5 nitrogen and oxygen atoms in total. The number of thiazole rings is 1. The van der Waals surface area contributed by atoms with E-state index in [1.807, 2.05) is 28.8 Å². The first-order valence-corrected chi connectivity index (χ1v) is 9.78. The molecule has 1 fully saturated rings. The number of esters is 1. The van der Waals surface area contributed by atoms with Crippen molar-refractivity contribution >= 4 is 33.4 Å². The zero-order valence-electron chi connectivity index (χ0n) is 14.7. The molecule has 1 atom stereocenters. The summed E-state index contributed by atoms with van der Waals surface area (Å²) in [5.41, 5.74) is 0.906. The molecule has 1 aromatic heterocycles. The molecular formula is C19H24N2O3S. The monoisotopic (exact) mass is 360 g/mol. The predicted molar refractivity (Wildman–Crippen MR) is 98.3 cm³/mol. The van der Waals surface area contributed by atoms with Gasteiger partial charge in [-0.3, -0.25) is 4.79 Å². The van der Waals surface area contributed by atoms with Crippen LogP contribution in [0.3, 0.4) is 0 Å². The molecule has 0 N–H and O–H groups in total. The van der Waals surface area contributed by atoms with E-state index in [1.165, 1.54) is 17.8 Å². The van der Waals surface area contributed by atoms with Crippen molar-refractivity contribution in [1.82, 2.24) is 4.57 Å². The summed E-state index contributed by atoms with van der Waals surface area (Å²) in [6.45, 7) is 3.92. The van der Waals surface area contributed by atoms with Crippen LogP contribution in [-0.2, 0) is 14.3 Å². The Morgan fingerprint density at radius 3 is 2.72 bits per heavy atom. The third kappa shape index (κ3) is 3.84. The van der Waals surface area contributed by atoms with Gasteiger partial charge >= 0.3 is 5.97 Å². The fourth-order valence-electron chi connectivity index (χ4n) is 3.35. The number of amides is 1. The van der Waals surface area contributed by atoms with E-state index < -0.39 is 6.04 Å². The fraction of sp³-hybridized carbons (Fsp3) is 0.526. The molecule has 1 aromatic carbocycles. The molecule has 1 amide bonds. The lowest BCUT2D eigenvalue weighted by Gasteiger charge is -2.18. The molecule has 1 aliphatic rings. The highest BCUT2D eigenvalue weighted by Gasteiger charge is 2.23. The summed E-state index contributed by atoms with van der Waals surface area (Å²) in [6.07, 6.45) is 5.23. The number of hydrogen-bond acceptors (Lipinski definition) is 4. The van der Waals surface area contributed by atoms with Gasteiger partial charge in [-0.1, -0.05) is 42.7 Å². The Labute approximate surface area is 151 Å². The molecule has 0 aliphatic heterocycles. The summed E-state index contributed by atoms with van der Waals surface area (Å²) >= 11 is 1.45. The highest BCUT2D eigenvalue weighted by atomic mass is 32.1. The summed E-state index contributed by atoms with van der Waals surface area (Å²) in [5.74, 6) is -0.348. The van der Waals surface area contributed by atoms with Crippen LogP contribution in [0.5, 0.6) is 0 Å². The van der Waals surface area contributed by atoms with Crippen molar-refractivity contribution in [3.63, 3.8) is 0 Å². The van der Waals surface area contributed by atoms with Crippen LogP contribution in [0.15, 0.2) is 29.3 Å². The maximum absolute atomic E-state index is 12.6. The molecule has 25 heavy (non-hydrogen) atoms. The second-order valence-corrected chi connectivity index (χ2v) is 7.44. The fourth-order valence-corrected chi connectivity index (χ4v) is 4.45. The topological polar surface area (TPSA) is 60.7 Å². The Balaban J connectivity index is 2.04. The number of aromatic nitrogens is 1. The van der Waals surface area contributed by atoms with Gasteiger partial charge in [-0.25, -0.2) is 4.79 Å². The summed E-state index contributed by atoms with van der Waals surface area (Å²) in [7, 11) is 0. The van der Waals surface area contributed by atoms with E-state index in [0.717, 1.165) is 35.9 Å². The first-order valence-electron chi connectivity index (χ1n) is 8.97. The third-order valence-corrected chi connectivity index (χ3v) is 5.74. The van der Waals surface area contributed by atoms with E-state index in [9.17, 15) is 9.59 Å². The largest absolute Gasteiger partial charge is 0.464 e. The number of carbonyl (C=O) groups is 2. The van der Waals surface area contributed by atoms with Crippen molar-refractivity contribution in [3.05, 3.63) is 29.1 Å². The Morgan fingerprint density at radius 1 is 1.28 bits per heavy atom. The molecule has 1 unspecified atom stereocenters. The van der Waals surface area contributed by atoms with Gasteiger partial charge in [0.15, 0.2) is 4.80 Å². The number of benzene rings is 1. The number of ether oxygens (including phenoxy) is 1. The highest BCUT2D eigenvalue weighted by molar-refractivity contribution is 7.16. The molecule has 134 valence electrons. The van der Waals surface area contributed by atoms with Gasteiger partial charge in [0, 0.05) is 5.92 Å². The second kappa shape index (κ2) is 7.95. The zero-order valence-corrected chi connectivity index (χ0v) is 15.6. The lowest BCUT2D eigenvalue weighted by Crippen LogP contribution is -2.28. The molecule has 3 rings (SSSR count). The minimum atomic E-state index is -0.519. The Morgan fingerprint density at radius 2 is 2.00 bits per heavy atom. The van der Waals surface area contributed by atoms with Crippen LogP contribution in [0.25, 0.3) is 10.2 Å². The van der Waals surface area contributed by atoms with Gasteiger partial charge < -0.3 is 9.30 Å². The van der Waals surface area contributed by atoms with E-state index in [0.29, 0.717) is 11.4 Å². The average Bonchev–Trinajstić information content (AvgIpc) is 2.99. The lowest BCUT2D eigenvalue weighted by molar-refractivity contribution is -0.146. The van der Waals surface area contributed by atoms with Crippen LogP contribution >= 0.6 is 11.3 Å². The molecular weight excluding hydrogens is 336 g/mol. The Bertz CT molecular complexity index is 831. The molecule has 1 heterocycles. The van der Waals surface area contributed by atoms with Crippen LogP contribution in [0.1, 0.15) is 52.0 Å². The molecule has 1 saturated carbocycles. The summed E-state index contributed by atoms with van der Waals surface area (Å²) in [4.78, 5) is 29.9. The number of nitrogens with zero attached hydrogens (tertiary/aromatic N) is 2. The van der Waals surface area contributed by atoms with E-state index in [-0.39, 0.29) is 17.8 Å². The maximum atomic E-state index is 12.6. The highest BCUT2D eigenvalue weighted by Crippen LogP contribution is 2.25. The molecule has 0 bridgehead atoms. The van der Waals surface area contributed by atoms with Crippen molar-refractivity contribution in [3.8, 4) is 0 Å². The Hall–Kier alpha value is -1.95. The van der Waals surface area contributed by atoms with Crippen molar-refractivity contribution in [2.24, 2.45) is 10.9 Å². The van der Waals surface area contributed by atoms with E-state index in [1.54, 1.807) is 13.8 Å². The molecule has 0 spiro atoms. The van der Waals surface area contributed by atoms with Crippen LogP contribution in [0.4, 0.5) is 0 Å². The number of rotatable bonds is 4. The summed E-state index contributed by atoms with van der Waals surface area (Å²) in [5, 5.41) is 0. The van der Waals surface area contributed by atoms with Crippen LogP contribution in [-0.4, -0.2) is 23.1 Å². The number of carbonyl (C=O) groups excluding carboxylic acids is 2. The first-order chi connectivity index (χ1) is 12.1. The molecule has 6 heteroatoms. The smallest absolute Gasteiger partial charge is 0.328 e. The molecule has 1 aliphatic carbocycles. The van der Waals surface area contributed by atoms with Crippen LogP contribution < -0.4 is 4.80 Å². The predicted octanol–water partition coefficient (Wildman–Crippen LogP) is 3.83. The van der Waals surface area contributed by atoms with E-state index in [4.69, 9.17) is 4.74 Å². The summed E-state index contributed by atoms with van der Waals surface area (Å²) in [6, 6.07) is 7.29. The van der Waals surface area contributed by atoms with Gasteiger partial charge in [-0.15, -0.1) is 0 Å². The third-order valence-electron chi connectivity index (χ3n) is 4.71. The zero-order chi connectivity index (χ0) is 17.8. The molecule has 0 radical (unpaired) electrons. The number of fused-ring (bicyclic) bond motifs is 1. The normalized spacial score (nSPS) is 17.6. The maximum Gasteiger partial charge on any atom is 0.328 e. The van der Waals surface area contributed by atoms with Crippen LogP contribution in [0.2, 0.25) is 0 Å². The van der Waals surface area contributed by atoms with Gasteiger partial charge in [0.2, 0.25) is 0 Å². The minimum absolute atomic E-state index is 0.0188. The van der Waals surface area contributed by atoms with E-state index >= 15 is 0 Å². The van der Waals surface area contributed by atoms with Gasteiger partial charge in [0.25, 0.3) is 5.91 Å². The van der Waals surface area contributed by atoms with Gasteiger partial charge in [0.05, 0.1) is 16.8 Å². The summed E-state index contributed by atoms with van der Waals surface area (Å²) < 4.78 is 8.01. The van der Waals surface area contributed by atoms with Crippen molar-refractivity contribution in [2.45, 2.75) is 52.0 Å². The SMILES string of the molecule is CCOC(=O)C(C)n1c(=NC(=O)C2CCCCC2)sc2ccccc21. The second-order valence-electron chi connectivity index (χ2n) is 6.44. The van der Waals surface area contributed by atoms with Crippen molar-refractivity contribution in [1.29, 1.82) is 0 Å². The Kier molecular flexibility index (Phi) is 5.68. The molecule has 2 aromatic rings. The van der Waals surface area contributed by atoms with E-state index in [2.05, 4.69) is 4.99 Å². The standard InChI is InChI=1S/C19H24N2O3S/c1-3-24-18(23)13(2)21-15-11-7-8-12-16(15)25-19(21)20-17(22)14-9-5-4-6-10-14/h7-8,11-14H,3-6,9-10H2,1-2H3. The van der Waals surface area contributed by atoms with Gasteiger partial charge in [-0.2, -0.15) is 4.99 Å². The first kappa shape index (κ1) is 17.9. The van der Waals surface area contributed by atoms with Crippen molar-refractivity contribution in [2.75, 3.05) is 6.61 Å². The van der Waals surface area contributed by atoms with Gasteiger partial charge in [0.1, 0.15) is 6.04 Å². The minimum Gasteiger partial charge on any atom is -0.464 e. The average molecular weight is 360 g/mol. The van der Waals surface area contributed by atoms with Crippen LogP contribution in [0, 0.1) is 5.92 Å². The van der Waals surface area contributed by atoms with Crippen molar-refractivity contribution < 1.29 is 14.3 Å². The molecule has 0 saturated heterocycles. The quantitative estimate of drug-likeness (QED) is 0.779.